The SMILES string of the molecule is CC(NC(=O)c1cn[nH]n1)C(C)(C)C. The largest absolute Gasteiger partial charge is 0.348 e. The molecule has 0 aliphatic carbocycles. The van der Waals surface area contributed by atoms with Crippen LogP contribution >= 0.6 is 0 Å². The number of nitrogens with zero attached hydrogens (tertiary/aromatic N) is 2. The molecule has 5 heteroatoms. The topological polar surface area (TPSA) is 70.7 Å². The van der Waals surface area contributed by atoms with Crippen LogP contribution in [-0.4, -0.2) is 27.4 Å². The van der Waals surface area contributed by atoms with Gasteiger partial charge in [0.1, 0.15) is 0 Å². The summed E-state index contributed by atoms with van der Waals surface area (Å²) in [6.07, 6.45) is 1.41. The van der Waals surface area contributed by atoms with E-state index >= 15 is 0 Å². The van der Waals surface area contributed by atoms with Gasteiger partial charge in [0.05, 0.1) is 6.20 Å². The van der Waals surface area contributed by atoms with E-state index in [0.29, 0.717) is 5.69 Å². The van der Waals surface area contributed by atoms with Gasteiger partial charge in [0, 0.05) is 6.04 Å². The Morgan fingerprint density at radius 1 is 1.57 bits per heavy atom. The van der Waals surface area contributed by atoms with Crippen LogP contribution in [0, 0.1) is 5.41 Å². The number of carbonyl (C=O) groups excluding carboxylic acids is 1. The first-order valence-electron chi connectivity index (χ1n) is 4.58. The van der Waals surface area contributed by atoms with Gasteiger partial charge in [-0.25, -0.2) is 0 Å². The molecule has 1 aromatic heterocycles. The second kappa shape index (κ2) is 3.77. The highest BCUT2D eigenvalue weighted by Crippen LogP contribution is 2.18. The highest BCUT2D eigenvalue weighted by Gasteiger charge is 2.22. The Morgan fingerprint density at radius 3 is 2.64 bits per heavy atom. The molecule has 1 rings (SSSR count). The Labute approximate surface area is 83.3 Å². The second-order valence-corrected chi connectivity index (χ2v) is 4.42. The number of H-pyrrole nitrogens is 1. The second-order valence-electron chi connectivity index (χ2n) is 4.42. The lowest BCUT2D eigenvalue weighted by Crippen LogP contribution is -2.41. The zero-order chi connectivity index (χ0) is 10.8. The average molecular weight is 196 g/mol. The summed E-state index contributed by atoms with van der Waals surface area (Å²) < 4.78 is 0. The van der Waals surface area contributed by atoms with Crippen molar-refractivity contribution in [1.82, 2.24) is 20.7 Å². The van der Waals surface area contributed by atoms with Gasteiger partial charge < -0.3 is 5.32 Å². The van der Waals surface area contributed by atoms with E-state index in [1.165, 1.54) is 6.20 Å². The van der Waals surface area contributed by atoms with Crippen LogP contribution in [0.2, 0.25) is 0 Å². The standard InChI is InChI=1S/C9H16N4O/c1-6(9(2,3)4)11-8(14)7-5-10-13-12-7/h5-6H,1-4H3,(H,11,14)(H,10,12,13). The van der Waals surface area contributed by atoms with Gasteiger partial charge in [-0.1, -0.05) is 20.8 Å². The molecule has 1 amide bonds. The molecule has 5 nitrogen and oxygen atoms in total. The molecule has 0 fully saturated rings. The van der Waals surface area contributed by atoms with Crippen molar-refractivity contribution in [1.29, 1.82) is 0 Å². The van der Waals surface area contributed by atoms with Gasteiger partial charge in [0.15, 0.2) is 5.69 Å². The van der Waals surface area contributed by atoms with Crippen LogP contribution in [0.5, 0.6) is 0 Å². The molecular formula is C9H16N4O. The van der Waals surface area contributed by atoms with Gasteiger partial charge in [0.25, 0.3) is 5.91 Å². The Morgan fingerprint density at radius 2 is 2.21 bits per heavy atom. The van der Waals surface area contributed by atoms with E-state index in [9.17, 15) is 4.79 Å². The fourth-order valence-electron chi connectivity index (χ4n) is 0.798. The molecule has 0 saturated heterocycles. The van der Waals surface area contributed by atoms with Crippen LogP contribution in [0.3, 0.4) is 0 Å². The summed E-state index contributed by atoms with van der Waals surface area (Å²) >= 11 is 0. The number of hydrogen-bond acceptors (Lipinski definition) is 3. The molecule has 0 aliphatic rings. The van der Waals surface area contributed by atoms with Crippen molar-refractivity contribution in [3.8, 4) is 0 Å². The molecule has 1 atom stereocenters. The normalized spacial score (nSPS) is 13.7. The van der Waals surface area contributed by atoms with Gasteiger partial charge in [-0.15, -0.1) is 0 Å². The van der Waals surface area contributed by atoms with Crippen molar-refractivity contribution in [3.63, 3.8) is 0 Å². The minimum absolute atomic E-state index is 0.0411. The molecule has 0 bridgehead atoms. The summed E-state index contributed by atoms with van der Waals surface area (Å²) in [7, 11) is 0. The highest BCUT2D eigenvalue weighted by molar-refractivity contribution is 5.92. The number of carbonyl (C=O) groups is 1. The molecule has 0 aromatic carbocycles. The van der Waals surface area contributed by atoms with E-state index in [4.69, 9.17) is 0 Å². The summed E-state index contributed by atoms with van der Waals surface area (Å²) in [5, 5.41) is 12.5. The Hall–Kier alpha value is -1.39. The van der Waals surface area contributed by atoms with E-state index in [2.05, 4.69) is 41.5 Å². The molecule has 1 unspecified atom stereocenters. The van der Waals surface area contributed by atoms with Crippen molar-refractivity contribution < 1.29 is 4.79 Å². The van der Waals surface area contributed by atoms with Crippen molar-refractivity contribution in [2.24, 2.45) is 5.41 Å². The monoisotopic (exact) mass is 196 g/mol. The first-order chi connectivity index (χ1) is 6.41. The summed E-state index contributed by atoms with van der Waals surface area (Å²) in [4.78, 5) is 11.5. The molecular weight excluding hydrogens is 180 g/mol. The third-order valence-electron chi connectivity index (χ3n) is 2.29. The third kappa shape index (κ3) is 2.55. The summed E-state index contributed by atoms with van der Waals surface area (Å²) in [6.45, 7) is 8.18. The molecule has 0 aliphatic heterocycles. The van der Waals surface area contributed by atoms with Gasteiger partial charge >= 0.3 is 0 Å². The minimum Gasteiger partial charge on any atom is -0.348 e. The van der Waals surface area contributed by atoms with Crippen LogP contribution < -0.4 is 5.32 Å². The van der Waals surface area contributed by atoms with E-state index in [-0.39, 0.29) is 17.4 Å². The zero-order valence-corrected chi connectivity index (χ0v) is 8.96. The number of aromatic nitrogens is 3. The summed E-state index contributed by atoms with van der Waals surface area (Å²) in [6, 6.07) is 0.0895. The lowest BCUT2D eigenvalue weighted by Gasteiger charge is -2.27. The first-order valence-corrected chi connectivity index (χ1v) is 4.58. The minimum atomic E-state index is -0.193. The lowest BCUT2D eigenvalue weighted by atomic mass is 9.88. The fourth-order valence-corrected chi connectivity index (χ4v) is 0.798. The number of nitrogens with one attached hydrogen (secondary N) is 2. The number of aromatic amines is 1. The molecule has 2 N–H and O–H groups in total. The Kier molecular flexibility index (Phi) is 2.88. The maximum absolute atomic E-state index is 11.5. The fraction of sp³-hybridized carbons (Fsp3) is 0.667. The molecule has 78 valence electrons. The van der Waals surface area contributed by atoms with Gasteiger partial charge in [0.2, 0.25) is 0 Å². The van der Waals surface area contributed by atoms with Gasteiger partial charge in [-0.2, -0.15) is 15.4 Å². The van der Waals surface area contributed by atoms with Crippen LogP contribution in [0.4, 0.5) is 0 Å². The first kappa shape index (κ1) is 10.7. The van der Waals surface area contributed by atoms with Crippen LogP contribution in [0.15, 0.2) is 6.20 Å². The van der Waals surface area contributed by atoms with Crippen LogP contribution in [-0.2, 0) is 0 Å². The van der Waals surface area contributed by atoms with E-state index < -0.39 is 0 Å². The quantitative estimate of drug-likeness (QED) is 0.740. The Bertz CT molecular complexity index is 299. The predicted octanol–water partition coefficient (Wildman–Crippen LogP) is 0.969. The lowest BCUT2D eigenvalue weighted by molar-refractivity contribution is 0.0905. The third-order valence-corrected chi connectivity index (χ3v) is 2.29. The molecule has 0 spiro atoms. The van der Waals surface area contributed by atoms with Crippen LogP contribution in [0.25, 0.3) is 0 Å². The van der Waals surface area contributed by atoms with E-state index in [1.54, 1.807) is 0 Å². The Balaban J connectivity index is 2.58. The smallest absolute Gasteiger partial charge is 0.273 e. The van der Waals surface area contributed by atoms with Crippen molar-refractivity contribution in [2.45, 2.75) is 33.7 Å². The molecule has 1 aromatic rings. The summed E-state index contributed by atoms with van der Waals surface area (Å²) in [5.41, 5.74) is 0.362. The number of hydrogen-bond donors (Lipinski definition) is 2. The molecule has 0 saturated carbocycles. The van der Waals surface area contributed by atoms with Crippen molar-refractivity contribution in [2.75, 3.05) is 0 Å². The zero-order valence-electron chi connectivity index (χ0n) is 8.96. The maximum Gasteiger partial charge on any atom is 0.273 e. The van der Waals surface area contributed by atoms with Crippen molar-refractivity contribution in [3.05, 3.63) is 11.9 Å². The average Bonchev–Trinajstić information content (AvgIpc) is 2.53. The number of amides is 1. The van der Waals surface area contributed by atoms with E-state index in [1.807, 2.05) is 6.92 Å². The predicted molar refractivity (Wildman–Crippen MR) is 52.8 cm³/mol. The molecule has 14 heavy (non-hydrogen) atoms. The molecule has 0 radical (unpaired) electrons. The summed E-state index contributed by atoms with van der Waals surface area (Å²) in [5.74, 6) is -0.193. The highest BCUT2D eigenvalue weighted by atomic mass is 16.2. The molecule has 1 heterocycles. The van der Waals surface area contributed by atoms with Crippen LogP contribution in [0.1, 0.15) is 38.2 Å². The number of rotatable bonds is 2. The van der Waals surface area contributed by atoms with Gasteiger partial charge in [-0.05, 0) is 12.3 Å². The van der Waals surface area contributed by atoms with E-state index in [0.717, 1.165) is 0 Å². The van der Waals surface area contributed by atoms with Gasteiger partial charge in [-0.3, -0.25) is 4.79 Å². The van der Waals surface area contributed by atoms with Crippen molar-refractivity contribution >= 4 is 5.91 Å². The maximum atomic E-state index is 11.5.